The molecule has 1 amide bonds. The lowest BCUT2D eigenvalue weighted by molar-refractivity contribution is 0.102. The van der Waals surface area contributed by atoms with Crippen LogP contribution in [0.3, 0.4) is 0 Å². The number of thiazole rings is 1. The van der Waals surface area contributed by atoms with Gasteiger partial charge in [-0.3, -0.25) is 10.1 Å². The summed E-state index contributed by atoms with van der Waals surface area (Å²) >= 11 is 1.59. The summed E-state index contributed by atoms with van der Waals surface area (Å²) in [6.45, 7) is 4.14. The molecule has 0 aliphatic heterocycles. The second-order valence-electron chi connectivity index (χ2n) is 6.67. The number of nitrogens with zero attached hydrogens (tertiary/aromatic N) is 2. The van der Waals surface area contributed by atoms with Gasteiger partial charge in [-0.05, 0) is 63.8 Å². The van der Waals surface area contributed by atoms with Crippen LogP contribution in [0.1, 0.15) is 50.8 Å². The van der Waals surface area contributed by atoms with Crippen LogP contribution in [0.25, 0.3) is 0 Å². The van der Waals surface area contributed by atoms with E-state index in [9.17, 15) is 4.79 Å². The predicted octanol–water partition coefficient (Wildman–Crippen LogP) is 4.46. The number of benzene rings is 1. The van der Waals surface area contributed by atoms with Gasteiger partial charge < -0.3 is 9.26 Å². The lowest BCUT2D eigenvalue weighted by atomic mass is 10.0. The number of hydrogen-bond acceptors (Lipinski definition) is 6. The molecule has 1 N–H and O–H groups in total. The zero-order valence-electron chi connectivity index (χ0n) is 15.4. The molecule has 3 aromatic rings. The van der Waals surface area contributed by atoms with Crippen molar-refractivity contribution in [3.8, 4) is 5.75 Å². The third-order valence-corrected chi connectivity index (χ3v) is 5.82. The molecular formula is C20H21N3O3S. The Morgan fingerprint density at radius 3 is 2.70 bits per heavy atom. The molecule has 0 fully saturated rings. The van der Waals surface area contributed by atoms with E-state index < -0.39 is 0 Å². The summed E-state index contributed by atoms with van der Waals surface area (Å²) < 4.78 is 10.9. The monoisotopic (exact) mass is 383 g/mol. The van der Waals surface area contributed by atoms with Crippen LogP contribution in [0.2, 0.25) is 0 Å². The SMILES string of the molecule is Cc1noc(C)c1COc1ccc(C(=O)Nc2nc3c(s2)CCCC3)cc1. The van der Waals surface area contributed by atoms with E-state index in [2.05, 4.69) is 15.5 Å². The topological polar surface area (TPSA) is 77.2 Å². The summed E-state index contributed by atoms with van der Waals surface area (Å²) in [4.78, 5) is 18.3. The van der Waals surface area contributed by atoms with Gasteiger partial charge >= 0.3 is 0 Å². The Morgan fingerprint density at radius 1 is 1.22 bits per heavy atom. The molecule has 140 valence electrons. The van der Waals surface area contributed by atoms with Crippen molar-refractivity contribution in [2.24, 2.45) is 0 Å². The molecule has 1 aliphatic rings. The number of carbonyl (C=O) groups excluding carboxylic acids is 1. The normalized spacial score (nSPS) is 13.3. The average Bonchev–Trinajstić information content (AvgIpc) is 3.23. The fourth-order valence-electron chi connectivity index (χ4n) is 3.14. The van der Waals surface area contributed by atoms with Crippen molar-refractivity contribution in [1.29, 1.82) is 0 Å². The Bertz CT molecular complexity index is 917. The van der Waals surface area contributed by atoms with Crippen molar-refractivity contribution in [2.45, 2.75) is 46.1 Å². The second-order valence-corrected chi connectivity index (χ2v) is 7.75. The summed E-state index contributed by atoms with van der Waals surface area (Å²) in [6, 6.07) is 7.09. The van der Waals surface area contributed by atoms with Crippen LogP contribution >= 0.6 is 11.3 Å². The summed E-state index contributed by atoms with van der Waals surface area (Å²) in [5.41, 5.74) is 3.50. The van der Waals surface area contributed by atoms with Crippen LogP contribution in [0.4, 0.5) is 5.13 Å². The molecule has 0 atom stereocenters. The number of anilines is 1. The van der Waals surface area contributed by atoms with Crippen molar-refractivity contribution >= 4 is 22.4 Å². The largest absolute Gasteiger partial charge is 0.489 e. The van der Waals surface area contributed by atoms with Crippen molar-refractivity contribution in [3.05, 3.63) is 57.4 Å². The van der Waals surface area contributed by atoms with Crippen LogP contribution in [0.5, 0.6) is 5.75 Å². The minimum absolute atomic E-state index is 0.154. The first-order valence-electron chi connectivity index (χ1n) is 9.04. The highest BCUT2D eigenvalue weighted by Gasteiger charge is 2.17. The average molecular weight is 383 g/mol. The van der Waals surface area contributed by atoms with Crippen LogP contribution in [0.15, 0.2) is 28.8 Å². The molecule has 2 aromatic heterocycles. The Labute approximate surface area is 161 Å². The van der Waals surface area contributed by atoms with E-state index >= 15 is 0 Å². The molecule has 1 aromatic carbocycles. The summed E-state index contributed by atoms with van der Waals surface area (Å²) in [6.07, 6.45) is 4.47. The number of carbonyl (C=O) groups is 1. The zero-order chi connectivity index (χ0) is 18.8. The standard InChI is InChI=1S/C20H21N3O3S/c1-12-16(13(2)26-23-12)11-25-15-9-7-14(8-10-15)19(24)22-20-21-17-5-3-4-6-18(17)27-20/h7-10H,3-6,11H2,1-2H3,(H,21,22,24). The predicted molar refractivity (Wildman–Crippen MR) is 103 cm³/mol. The van der Waals surface area contributed by atoms with Gasteiger partial charge in [-0.25, -0.2) is 4.98 Å². The molecule has 0 unspecified atom stereocenters. The van der Waals surface area contributed by atoms with Gasteiger partial charge in [-0.2, -0.15) is 0 Å². The maximum Gasteiger partial charge on any atom is 0.257 e. The molecule has 7 heteroatoms. The van der Waals surface area contributed by atoms with Gasteiger partial charge in [-0.1, -0.05) is 5.16 Å². The highest BCUT2D eigenvalue weighted by molar-refractivity contribution is 7.15. The van der Waals surface area contributed by atoms with Crippen molar-refractivity contribution in [2.75, 3.05) is 5.32 Å². The molecule has 27 heavy (non-hydrogen) atoms. The van der Waals surface area contributed by atoms with Crippen molar-refractivity contribution in [1.82, 2.24) is 10.1 Å². The fraction of sp³-hybridized carbons (Fsp3) is 0.350. The number of ether oxygens (including phenoxy) is 1. The summed E-state index contributed by atoms with van der Waals surface area (Å²) in [7, 11) is 0. The van der Waals surface area contributed by atoms with Crippen LogP contribution in [-0.4, -0.2) is 16.0 Å². The second kappa shape index (κ2) is 7.52. The molecule has 0 saturated heterocycles. The molecule has 2 heterocycles. The van der Waals surface area contributed by atoms with E-state index in [0.717, 1.165) is 35.6 Å². The molecule has 4 rings (SSSR count). The number of hydrogen-bond donors (Lipinski definition) is 1. The van der Waals surface area contributed by atoms with Gasteiger partial charge in [0.1, 0.15) is 18.1 Å². The lowest BCUT2D eigenvalue weighted by Gasteiger charge is -2.07. The number of rotatable bonds is 5. The van der Waals surface area contributed by atoms with Gasteiger partial charge in [-0.15, -0.1) is 11.3 Å². The fourth-order valence-corrected chi connectivity index (χ4v) is 4.19. The van der Waals surface area contributed by atoms with Gasteiger partial charge in [0, 0.05) is 10.4 Å². The minimum Gasteiger partial charge on any atom is -0.489 e. The molecule has 0 saturated carbocycles. The molecule has 0 bridgehead atoms. The first kappa shape index (κ1) is 17.7. The van der Waals surface area contributed by atoms with Crippen LogP contribution in [0, 0.1) is 13.8 Å². The molecule has 0 spiro atoms. The first-order chi connectivity index (χ1) is 13.1. The summed E-state index contributed by atoms with van der Waals surface area (Å²) in [5, 5.41) is 7.51. The van der Waals surface area contributed by atoms with E-state index in [-0.39, 0.29) is 5.91 Å². The molecule has 0 radical (unpaired) electrons. The van der Waals surface area contributed by atoms with E-state index in [1.165, 1.54) is 17.7 Å². The number of aromatic nitrogens is 2. The zero-order valence-corrected chi connectivity index (χ0v) is 16.2. The van der Waals surface area contributed by atoms with E-state index in [0.29, 0.717) is 23.1 Å². The molecule has 1 aliphatic carbocycles. The number of fused-ring (bicyclic) bond motifs is 1. The van der Waals surface area contributed by atoms with Crippen LogP contribution in [-0.2, 0) is 19.4 Å². The van der Waals surface area contributed by atoms with Gasteiger partial charge in [0.2, 0.25) is 0 Å². The van der Waals surface area contributed by atoms with Gasteiger partial charge in [0.25, 0.3) is 5.91 Å². The smallest absolute Gasteiger partial charge is 0.257 e. The number of aryl methyl sites for hydroxylation is 4. The Kier molecular flexibility index (Phi) is 4.94. The summed E-state index contributed by atoms with van der Waals surface area (Å²) in [5.74, 6) is 1.30. The Hall–Kier alpha value is -2.67. The lowest BCUT2D eigenvalue weighted by Crippen LogP contribution is -2.11. The molecule has 6 nitrogen and oxygen atoms in total. The van der Waals surface area contributed by atoms with Gasteiger partial charge in [0.15, 0.2) is 5.13 Å². The van der Waals surface area contributed by atoms with Crippen molar-refractivity contribution < 1.29 is 14.1 Å². The maximum absolute atomic E-state index is 12.5. The highest BCUT2D eigenvalue weighted by atomic mass is 32.1. The van der Waals surface area contributed by atoms with Gasteiger partial charge in [0.05, 0.1) is 17.0 Å². The van der Waals surface area contributed by atoms with E-state index in [1.54, 1.807) is 35.6 Å². The van der Waals surface area contributed by atoms with E-state index in [1.807, 2.05) is 13.8 Å². The third kappa shape index (κ3) is 3.88. The maximum atomic E-state index is 12.5. The quantitative estimate of drug-likeness (QED) is 0.704. The minimum atomic E-state index is -0.154. The van der Waals surface area contributed by atoms with E-state index in [4.69, 9.17) is 9.26 Å². The van der Waals surface area contributed by atoms with Crippen molar-refractivity contribution in [3.63, 3.8) is 0 Å². The number of nitrogens with one attached hydrogen (secondary N) is 1. The number of amides is 1. The Morgan fingerprint density at radius 2 is 2.00 bits per heavy atom. The third-order valence-electron chi connectivity index (χ3n) is 4.75. The first-order valence-corrected chi connectivity index (χ1v) is 9.86. The molecular weight excluding hydrogens is 362 g/mol. The highest BCUT2D eigenvalue weighted by Crippen LogP contribution is 2.29. The van der Waals surface area contributed by atoms with Crippen LogP contribution < -0.4 is 10.1 Å². The Balaban J connectivity index is 1.38.